The topological polar surface area (TPSA) is 65.2 Å². The Morgan fingerprint density at radius 1 is 0.696 bits per heavy atom. The third-order valence-electron chi connectivity index (χ3n) is 3.16. The molecule has 0 spiro atoms. The van der Waals surface area contributed by atoms with Gasteiger partial charge in [-0.3, -0.25) is 9.98 Å². The van der Waals surface area contributed by atoms with Crippen LogP contribution in [0.5, 0.6) is 11.5 Å². The normalized spacial score (nSPS) is 11.0. The van der Waals surface area contributed by atoms with Crippen LogP contribution in [0.25, 0.3) is 0 Å². The van der Waals surface area contributed by atoms with Crippen LogP contribution in [0, 0.1) is 0 Å². The van der Waals surface area contributed by atoms with E-state index >= 15 is 0 Å². The Balaban J connectivity index is 0.00000264. The molecule has 0 fully saturated rings. The second-order valence-corrected chi connectivity index (χ2v) is 4.90. The van der Waals surface area contributed by atoms with Gasteiger partial charge in [0.1, 0.15) is 11.5 Å². The van der Waals surface area contributed by atoms with Gasteiger partial charge in [0.25, 0.3) is 0 Å². The first-order chi connectivity index (χ1) is 10.8. The number of aromatic hydroxyl groups is 2. The molecule has 0 aliphatic heterocycles. The van der Waals surface area contributed by atoms with Crippen molar-refractivity contribution in [1.82, 2.24) is 0 Å². The Morgan fingerprint density at radius 2 is 1.09 bits per heavy atom. The van der Waals surface area contributed by atoms with E-state index in [0.717, 1.165) is 24.0 Å². The van der Waals surface area contributed by atoms with Gasteiger partial charge in [-0.1, -0.05) is 24.3 Å². The van der Waals surface area contributed by atoms with Crippen LogP contribution < -0.4 is 0 Å². The average Bonchev–Trinajstić information content (AvgIpc) is 2.53. The van der Waals surface area contributed by atoms with E-state index in [1.54, 1.807) is 36.7 Å². The van der Waals surface area contributed by atoms with E-state index in [-0.39, 0.29) is 33.2 Å². The molecule has 23 heavy (non-hydrogen) atoms. The van der Waals surface area contributed by atoms with Crippen LogP contribution in [0.1, 0.15) is 24.0 Å². The molecule has 2 aromatic rings. The van der Waals surface area contributed by atoms with Crippen molar-refractivity contribution in [3.63, 3.8) is 0 Å². The van der Waals surface area contributed by atoms with Crippen LogP contribution in [-0.2, 0) is 21.7 Å². The van der Waals surface area contributed by atoms with Crippen LogP contribution in [0.15, 0.2) is 58.5 Å². The van der Waals surface area contributed by atoms with Crippen molar-refractivity contribution < 1.29 is 31.9 Å². The summed E-state index contributed by atoms with van der Waals surface area (Å²) in [6, 6.07) is 14.3. The SMILES string of the molecule is Oc1ccccc1C=NCCCCN=Cc1ccccc1O.[Ti]. The maximum atomic E-state index is 9.58. The Morgan fingerprint density at radius 3 is 1.48 bits per heavy atom. The van der Waals surface area contributed by atoms with Gasteiger partial charge in [0.2, 0.25) is 0 Å². The average molecular weight is 344 g/mol. The first-order valence-corrected chi connectivity index (χ1v) is 7.33. The molecule has 118 valence electrons. The summed E-state index contributed by atoms with van der Waals surface area (Å²) in [6.07, 6.45) is 5.26. The zero-order chi connectivity index (χ0) is 15.6. The van der Waals surface area contributed by atoms with E-state index in [4.69, 9.17) is 0 Å². The first-order valence-electron chi connectivity index (χ1n) is 7.33. The summed E-state index contributed by atoms with van der Waals surface area (Å²) in [5, 5.41) is 19.2. The van der Waals surface area contributed by atoms with Gasteiger partial charge >= 0.3 is 0 Å². The van der Waals surface area contributed by atoms with E-state index < -0.39 is 0 Å². The van der Waals surface area contributed by atoms with Gasteiger partial charge in [-0.05, 0) is 37.1 Å². The van der Waals surface area contributed by atoms with Gasteiger partial charge < -0.3 is 10.2 Å². The van der Waals surface area contributed by atoms with E-state index in [9.17, 15) is 10.2 Å². The van der Waals surface area contributed by atoms with Crippen LogP contribution in [0.2, 0.25) is 0 Å². The van der Waals surface area contributed by atoms with Gasteiger partial charge in [-0.2, -0.15) is 0 Å². The number of unbranched alkanes of at least 4 members (excludes halogenated alkanes) is 1. The van der Waals surface area contributed by atoms with Gasteiger partial charge in [0, 0.05) is 58.4 Å². The Bertz CT molecular complexity index is 599. The number of rotatable bonds is 7. The van der Waals surface area contributed by atoms with Crippen molar-refractivity contribution in [3.05, 3.63) is 59.7 Å². The summed E-state index contributed by atoms with van der Waals surface area (Å²) in [7, 11) is 0. The standard InChI is InChI=1S/C18H20N2O2.Ti/c21-17-9-3-1-7-15(17)13-19-11-5-6-12-20-14-16-8-2-4-10-18(16)22;/h1-4,7-10,13-14,21-22H,5-6,11-12H2;. The molecule has 0 heterocycles. The molecule has 0 atom stereocenters. The largest absolute Gasteiger partial charge is 0.507 e. The van der Waals surface area contributed by atoms with Crippen molar-refractivity contribution >= 4 is 12.4 Å². The third-order valence-corrected chi connectivity index (χ3v) is 3.16. The predicted molar refractivity (Wildman–Crippen MR) is 90.4 cm³/mol. The van der Waals surface area contributed by atoms with Crippen molar-refractivity contribution in [2.24, 2.45) is 9.98 Å². The first kappa shape index (κ1) is 19.1. The summed E-state index contributed by atoms with van der Waals surface area (Å²) in [6.45, 7) is 1.42. The second-order valence-electron chi connectivity index (χ2n) is 4.90. The van der Waals surface area contributed by atoms with Crippen molar-refractivity contribution in [2.75, 3.05) is 13.1 Å². The number of phenolic OH excluding ortho intramolecular Hbond substituents is 2. The molecule has 5 heteroatoms. The monoisotopic (exact) mass is 344 g/mol. The van der Waals surface area contributed by atoms with E-state index in [1.165, 1.54) is 0 Å². The summed E-state index contributed by atoms with van der Waals surface area (Å²) >= 11 is 0. The number of phenols is 2. The molecule has 0 aliphatic carbocycles. The van der Waals surface area contributed by atoms with E-state index in [1.807, 2.05) is 24.3 Å². The van der Waals surface area contributed by atoms with Crippen molar-refractivity contribution in [1.29, 1.82) is 0 Å². The fraction of sp³-hybridized carbons (Fsp3) is 0.222. The molecule has 0 saturated carbocycles. The molecular weight excluding hydrogens is 324 g/mol. The minimum Gasteiger partial charge on any atom is -0.507 e. The van der Waals surface area contributed by atoms with Crippen LogP contribution in [-0.4, -0.2) is 35.7 Å². The Kier molecular flexibility index (Phi) is 8.95. The maximum absolute atomic E-state index is 9.58. The van der Waals surface area contributed by atoms with Gasteiger partial charge in [-0.25, -0.2) is 0 Å². The molecule has 0 amide bonds. The smallest absolute Gasteiger partial charge is 0.124 e. The number of nitrogens with zero attached hydrogens (tertiary/aromatic N) is 2. The molecule has 0 unspecified atom stereocenters. The van der Waals surface area contributed by atoms with Crippen LogP contribution >= 0.6 is 0 Å². The molecule has 0 bridgehead atoms. The minimum atomic E-state index is 0. The van der Waals surface area contributed by atoms with E-state index in [0.29, 0.717) is 13.1 Å². The Labute approximate surface area is 151 Å². The van der Waals surface area contributed by atoms with Crippen molar-refractivity contribution in [3.8, 4) is 11.5 Å². The molecule has 0 radical (unpaired) electrons. The summed E-state index contributed by atoms with van der Waals surface area (Å²) in [4.78, 5) is 8.59. The fourth-order valence-electron chi connectivity index (χ4n) is 1.93. The molecule has 0 aliphatic rings. The molecule has 2 N–H and O–H groups in total. The predicted octanol–water partition coefficient (Wildman–Crippen LogP) is 3.41. The zero-order valence-corrected chi connectivity index (χ0v) is 14.5. The van der Waals surface area contributed by atoms with Crippen LogP contribution in [0.4, 0.5) is 0 Å². The third kappa shape index (κ3) is 6.80. The van der Waals surface area contributed by atoms with Gasteiger partial charge in [0.05, 0.1) is 0 Å². The summed E-state index contributed by atoms with van der Waals surface area (Å²) in [5.41, 5.74) is 1.47. The molecule has 0 aromatic heterocycles. The van der Waals surface area contributed by atoms with E-state index in [2.05, 4.69) is 9.98 Å². The number of hydrogen-bond donors (Lipinski definition) is 2. The number of aliphatic imine (C=N–C) groups is 2. The molecule has 2 rings (SSSR count). The fourth-order valence-corrected chi connectivity index (χ4v) is 1.93. The maximum Gasteiger partial charge on any atom is 0.124 e. The quantitative estimate of drug-likeness (QED) is 0.459. The minimum absolute atomic E-state index is 0. The molecule has 4 nitrogen and oxygen atoms in total. The molecular formula is C18H20N2O2Ti. The number of hydrogen-bond acceptors (Lipinski definition) is 4. The number of para-hydroxylation sites is 2. The molecule has 0 saturated heterocycles. The summed E-state index contributed by atoms with van der Waals surface area (Å²) < 4.78 is 0. The summed E-state index contributed by atoms with van der Waals surface area (Å²) in [5.74, 6) is 0.497. The van der Waals surface area contributed by atoms with Crippen LogP contribution in [0.3, 0.4) is 0 Å². The van der Waals surface area contributed by atoms with Gasteiger partial charge in [-0.15, -0.1) is 0 Å². The molecule has 2 aromatic carbocycles. The Hall–Kier alpha value is -1.91. The second kappa shape index (κ2) is 10.8. The van der Waals surface area contributed by atoms with Gasteiger partial charge in [0.15, 0.2) is 0 Å². The number of benzene rings is 2. The van der Waals surface area contributed by atoms with Crippen molar-refractivity contribution in [2.45, 2.75) is 12.8 Å². The zero-order valence-electron chi connectivity index (χ0n) is 12.9.